The standard InChI is InChI=1S/C12H8Cl2F3N3/c1-18-11-8(16)4-9(17)12(20-11)19-10-6(13)2-5(15)3-7(10)14/h2-4H,1H3,(H2,18,19,20). The third-order valence-corrected chi connectivity index (χ3v) is 3.01. The highest BCUT2D eigenvalue weighted by molar-refractivity contribution is 6.39. The third-order valence-electron chi connectivity index (χ3n) is 2.42. The predicted molar refractivity (Wildman–Crippen MR) is 73.4 cm³/mol. The first kappa shape index (κ1) is 14.7. The maximum atomic E-state index is 13.6. The molecule has 0 saturated carbocycles. The van der Waals surface area contributed by atoms with E-state index in [1.165, 1.54) is 7.05 Å². The summed E-state index contributed by atoms with van der Waals surface area (Å²) >= 11 is 11.6. The molecule has 1 aromatic heterocycles. The predicted octanol–water partition coefficient (Wildman–Crippen LogP) is 4.59. The van der Waals surface area contributed by atoms with E-state index in [1.807, 2.05) is 0 Å². The zero-order chi connectivity index (χ0) is 14.9. The Balaban J connectivity index is 2.45. The van der Waals surface area contributed by atoms with Crippen molar-refractivity contribution in [1.82, 2.24) is 4.98 Å². The molecule has 0 aliphatic rings. The summed E-state index contributed by atoms with van der Waals surface area (Å²) in [5.74, 6) is -2.84. The summed E-state index contributed by atoms with van der Waals surface area (Å²) in [6, 6.07) is 2.68. The minimum Gasteiger partial charge on any atom is -0.371 e. The van der Waals surface area contributed by atoms with E-state index in [2.05, 4.69) is 15.6 Å². The monoisotopic (exact) mass is 321 g/mol. The molecule has 8 heteroatoms. The average molecular weight is 322 g/mol. The van der Waals surface area contributed by atoms with Crippen LogP contribution in [0.1, 0.15) is 0 Å². The van der Waals surface area contributed by atoms with Crippen molar-refractivity contribution in [2.24, 2.45) is 0 Å². The van der Waals surface area contributed by atoms with Crippen LogP contribution in [0.15, 0.2) is 18.2 Å². The van der Waals surface area contributed by atoms with Crippen molar-refractivity contribution in [2.75, 3.05) is 17.7 Å². The molecule has 0 atom stereocenters. The van der Waals surface area contributed by atoms with Gasteiger partial charge in [0.25, 0.3) is 0 Å². The van der Waals surface area contributed by atoms with Gasteiger partial charge in [-0.05, 0) is 12.1 Å². The summed E-state index contributed by atoms with van der Waals surface area (Å²) in [6.45, 7) is 0. The van der Waals surface area contributed by atoms with Crippen LogP contribution in [0.4, 0.5) is 30.5 Å². The third kappa shape index (κ3) is 2.91. The Labute approximate surface area is 122 Å². The molecule has 2 rings (SSSR count). The lowest BCUT2D eigenvalue weighted by Gasteiger charge is -2.12. The molecule has 0 bridgehead atoms. The fourth-order valence-electron chi connectivity index (χ4n) is 1.51. The lowest BCUT2D eigenvalue weighted by molar-refractivity contribution is 0.580. The second-order valence-electron chi connectivity index (χ2n) is 3.77. The maximum absolute atomic E-state index is 13.6. The van der Waals surface area contributed by atoms with Crippen LogP contribution in [-0.4, -0.2) is 12.0 Å². The highest BCUT2D eigenvalue weighted by Gasteiger charge is 2.15. The van der Waals surface area contributed by atoms with Crippen molar-refractivity contribution < 1.29 is 13.2 Å². The Bertz CT molecular complexity index is 642. The Morgan fingerprint density at radius 1 is 0.950 bits per heavy atom. The van der Waals surface area contributed by atoms with Gasteiger partial charge in [0, 0.05) is 13.1 Å². The normalized spacial score (nSPS) is 10.5. The van der Waals surface area contributed by atoms with E-state index >= 15 is 0 Å². The van der Waals surface area contributed by atoms with Crippen LogP contribution in [0.25, 0.3) is 0 Å². The molecule has 0 fully saturated rings. The smallest absolute Gasteiger partial charge is 0.169 e. The first-order valence-electron chi connectivity index (χ1n) is 5.37. The molecule has 2 N–H and O–H groups in total. The van der Waals surface area contributed by atoms with Gasteiger partial charge in [0.15, 0.2) is 23.3 Å². The van der Waals surface area contributed by atoms with E-state index in [0.717, 1.165) is 12.1 Å². The van der Waals surface area contributed by atoms with Crippen molar-refractivity contribution in [2.45, 2.75) is 0 Å². The molecule has 0 aliphatic heterocycles. The minimum absolute atomic E-state index is 0.0495. The van der Waals surface area contributed by atoms with Gasteiger partial charge in [0.05, 0.1) is 15.7 Å². The van der Waals surface area contributed by atoms with Crippen LogP contribution in [-0.2, 0) is 0 Å². The minimum atomic E-state index is -0.932. The zero-order valence-electron chi connectivity index (χ0n) is 10.1. The summed E-state index contributed by atoms with van der Waals surface area (Å²) < 4.78 is 40.0. The number of nitrogens with zero attached hydrogens (tertiary/aromatic N) is 1. The first-order valence-corrected chi connectivity index (χ1v) is 6.13. The molecule has 1 heterocycles. The van der Waals surface area contributed by atoms with Crippen LogP contribution in [0.5, 0.6) is 0 Å². The number of anilines is 3. The van der Waals surface area contributed by atoms with Gasteiger partial charge < -0.3 is 10.6 Å². The number of pyridine rings is 1. The summed E-state index contributed by atoms with van der Waals surface area (Å²) in [5, 5.41) is 4.88. The molecule has 0 aliphatic carbocycles. The van der Waals surface area contributed by atoms with E-state index in [0.29, 0.717) is 6.07 Å². The molecule has 20 heavy (non-hydrogen) atoms. The lowest BCUT2D eigenvalue weighted by Crippen LogP contribution is -2.04. The highest BCUT2D eigenvalue weighted by Crippen LogP contribution is 2.34. The summed E-state index contributed by atoms with van der Waals surface area (Å²) in [5.41, 5.74) is 0.0785. The topological polar surface area (TPSA) is 37.0 Å². The highest BCUT2D eigenvalue weighted by atomic mass is 35.5. The van der Waals surface area contributed by atoms with Crippen LogP contribution in [0.3, 0.4) is 0 Å². The largest absolute Gasteiger partial charge is 0.371 e. The van der Waals surface area contributed by atoms with E-state index in [9.17, 15) is 13.2 Å². The van der Waals surface area contributed by atoms with Crippen LogP contribution >= 0.6 is 23.2 Å². The number of benzene rings is 1. The van der Waals surface area contributed by atoms with Gasteiger partial charge in [-0.15, -0.1) is 0 Å². The summed E-state index contributed by atoms with van der Waals surface area (Å²) in [4.78, 5) is 3.71. The Morgan fingerprint density at radius 3 is 2.05 bits per heavy atom. The molecule has 0 radical (unpaired) electrons. The molecule has 106 valence electrons. The van der Waals surface area contributed by atoms with E-state index in [4.69, 9.17) is 23.2 Å². The zero-order valence-corrected chi connectivity index (χ0v) is 11.6. The fourth-order valence-corrected chi connectivity index (χ4v) is 2.06. The van der Waals surface area contributed by atoms with Gasteiger partial charge in [-0.3, -0.25) is 0 Å². The molecule has 0 amide bonds. The molecule has 0 spiro atoms. The molecule has 3 nitrogen and oxygen atoms in total. The van der Waals surface area contributed by atoms with Crippen molar-refractivity contribution in [3.8, 4) is 0 Å². The van der Waals surface area contributed by atoms with E-state index in [1.54, 1.807) is 0 Å². The number of hydrogen-bond acceptors (Lipinski definition) is 3. The number of rotatable bonds is 3. The molecule has 1 aromatic carbocycles. The van der Waals surface area contributed by atoms with Gasteiger partial charge in [0.2, 0.25) is 0 Å². The molecule has 0 unspecified atom stereocenters. The van der Waals surface area contributed by atoms with Gasteiger partial charge in [-0.1, -0.05) is 23.2 Å². The van der Waals surface area contributed by atoms with E-state index < -0.39 is 17.5 Å². The van der Waals surface area contributed by atoms with Gasteiger partial charge in [-0.2, -0.15) is 0 Å². The van der Waals surface area contributed by atoms with Crippen LogP contribution < -0.4 is 10.6 Å². The van der Waals surface area contributed by atoms with Crippen molar-refractivity contribution in [3.05, 3.63) is 45.7 Å². The van der Waals surface area contributed by atoms with Crippen molar-refractivity contribution in [3.63, 3.8) is 0 Å². The molecular formula is C12H8Cl2F3N3. The second-order valence-corrected chi connectivity index (χ2v) is 4.58. The number of halogens is 5. The van der Waals surface area contributed by atoms with Crippen molar-refractivity contribution in [1.29, 1.82) is 0 Å². The quantitative estimate of drug-likeness (QED) is 0.868. The number of hydrogen-bond donors (Lipinski definition) is 2. The number of aromatic nitrogens is 1. The van der Waals surface area contributed by atoms with Crippen LogP contribution in [0, 0.1) is 17.5 Å². The Hall–Kier alpha value is -1.66. The van der Waals surface area contributed by atoms with Crippen LogP contribution in [0.2, 0.25) is 10.0 Å². The van der Waals surface area contributed by atoms with Gasteiger partial charge in [-0.25, -0.2) is 18.2 Å². The first-order chi connectivity index (χ1) is 9.42. The fraction of sp³-hybridized carbons (Fsp3) is 0.0833. The molecule has 0 saturated heterocycles. The van der Waals surface area contributed by atoms with E-state index in [-0.39, 0.29) is 27.4 Å². The Kier molecular flexibility index (Phi) is 4.25. The summed E-state index contributed by atoms with van der Waals surface area (Å²) in [7, 11) is 1.44. The SMILES string of the molecule is CNc1nc(Nc2c(Cl)cc(F)cc2Cl)c(F)cc1F. The lowest BCUT2D eigenvalue weighted by atomic mass is 10.3. The van der Waals surface area contributed by atoms with Crippen molar-refractivity contribution >= 4 is 40.5 Å². The molecular weight excluding hydrogens is 314 g/mol. The summed E-state index contributed by atoms with van der Waals surface area (Å²) in [6.07, 6.45) is 0. The molecule has 2 aromatic rings. The Morgan fingerprint density at radius 2 is 1.50 bits per heavy atom. The average Bonchev–Trinajstić information content (AvgIpc) is 2.35. The van der Waals surface area contributed by atoms with Gasteiger partial charge in [0.1, 0.15) is 5.82 Å². The maximum Gasteiger partial charge on any atom is 0.169 e. The second kappa shape index (κ2) is 5.76. The number of nitrogens with one attached hydrogen (secondary N) is 2. The van der Waals surface area contributed by atoms with Gasteiger partial charge >= 0.3 is 0 Å².